The van der Waals surface area contributed by atoms with E-state index in [4.69, 9.17) is 18.9 Å². The van der Waals surface area contributed by atoms with Crippen LogP contribution in [0.15, 0.2) is 0 Å². The molecular weight excluding hydrogens is 879 g/mol. The molecule has 0 spiro atoms. The number of ether oxygens (including phenoxy) is 4. The van der Waals surface area contributed by atoms with Crippen molar-refractivity contribution >= 4 is 47.0 Å². The molecule has 0 saturated heterocycles. The topological polar surface area (TPSA) is 250 Å². The molecule has 0 rings (SSSR count). The van der Waals surface area contributed by atoms with Crippen LogP contribution >= 0.6 is 0 Å². The predicted molar refractivity (Wildman–Crippen MR) is 260 cm³/mol. The van der Waals surface area contributed by atoms with Crippen LogP contribution in [-0.4, -0.2) is 129 Å². The number of nitrogens with one attached hydrogen (secondary N) is 3. The number of carbonyl (C=O) groups is 8. The van der Waals surface area contributed by atoms with E-state index < -0.39 is 29.8 Å². The van der Waals surface area contributed by atoms with Gasteiger partial charge in [-0.25, -0.2) is 4.79 Å². The third-order valence-corrected chi connectivity index (χ3v) is 11.8. The summed E-state index contributed by atoms with van der Waals surface area (Å²) < 4.78 is 21.4. The summed E-state index contributed by atoms with van der Waals surface area (Å²) in [6, 6.07) is -1.31. The quantitative estimate of drug-likeness (QED) is 0.0371. The second-order valence-electron chi connectivity index (χ2n) is 17.9. The third-order valence-electron chi connectivity index (χ3n) is 11.8. The maximum Gasteiger partial charge on any atom is 0.326 e. The number of ketones is 3. The molecule has 0 aliphatic heterocycles. The SMILES string of the molecule is CCCCCCCCCCCCCCCCCC(=O)C[C@@H](CCC(=O)N[C@@H](CCC(=O)CCCOCCOCC(=O)NCCOCCOCC(=O)NCCCC[C@H](CC)C(C)=O)C(=O)O)C(=O)O. The summed E-state index contributed by atoms with van der Waals surface area (Å²) in [6.45, 7) is 7.77. The number of hydrogen-bond donors (Lipinski definition) is 5. The van der Waals surface area contributed by atoms with Crippen LogP contribution in [-0.2, 0) is 57.3 Å². The Morgan fingerprint density at radius 3 is 1.49 bits per heavy atom. The van der Waals surface area contributed by atoms with Gasteiger partial charge in [0.1, 0.15) is 36.6 Å². The summed E-state index contributed by atoms with van der Waals surface area (Å²) in [4.78, 5) is 96.4. The molecular formula is C51H91N3O14. The fourth-order valence-corrected chi connectivity index (χ4v) is 7.59. The number of carboxylic acids is 2. The molecule has 17 heteroatoms. The summed E-state index contributed by atoms with van der Waals surface area (Å²) >= 11 is 0. The van der Waals surface area contributed by atoms with Crippen LogP contribution in [0.2, 0.25) is 0 Å². The van der Waals surface area contributed by atoms with E-state index in [0.717, 1.165) is 44.9 Å². The summed E-state index contributed by atoms with van der Waals surface area (Å²) in [6.07, 6.45) is 21.7. The van der Waals surface area contributed by atoms with Gasteiger partial charge in [0.15, 0.2) is 0 Å². The summed E-state index contributed by atoms with van der Waals surface area (Å²) in [5.74, 6) is -4.75. The third kappa shape index (κ3) is 41.2. The number of carboxylic acid groups (broad SMARTS) is 2. The van der Waals surface area contributed by atoms with Crippen molar-refractivity contribution in [3.05, 3.63) is 0 Å². The smallest absolute Gasteiger partial charge is 0.326 e. The van der Waals surface area contributed by atoms with Crippen molar-refractivity contribution in [3.8, 4) is 0 Å². The minimum absolute atomic E-state index is 0.0740. The molecule has 0 heterocycles. The van der Waals surface area contributed by atoms with Crippen LogP contribution in [0.1, 0.15) is 194 Å². The van der Waals surface area contributed by atoms with E-state index in [1.165, 1.54) is 70.6 Å². The predicted octanol–water partition coefficient (Wildman–Crippen LogP) is 7.47. The zero-order chi connectivity index (χ0) is 50.5. The molecule has 3 amide bonds. The molecule has 17 nitrogen and oxygen atoms in total. The minimum atomic E-state index is -1.31. The highest BCUT2D eigenvalue weighted by Gasteiger charge is 2.25. The zero-order valence-electron chi connectivity index (χ0n) is 42.2. The Morgan fingerprint density at radius 2 is 0.956 bits per heavy atom. The van der Waals surface area contributed by atoms with E-state index >= 15 is 0 Å². The van der Waals surface area contributed by atoms with Crippen molar-refractivity contribution in [1.82, 2.24) is 16.0 Å². The second kappa shape index (κ2) is 45.6. The van der Waals surface area contributed by atoms with Crippen molar-refractivity contribution in [2.24, 2.45) is 11.8 Å². The maximum absolute atomic E-state index is 12.6. The Hall–Kier alpha value is -3.80. The molecule has 0 saturated carbocycles. The van der Waals surface area contributed by atoms with E-state index in [2.05, 4.69) is 22.9 Å². The first-order chi connectivity index (χ1) is 32.8. The van der Waals surface area contributed by atoms with Gasteiger partial charge in [-0.05, 0) is 51.9 Å². The highest BCUT2D eigenvalue weighted by Crippen LogP contribution is 2.18. The maximum atomic E-state index is 12.6. The van der Waals surface area contributed by atoms with Gasteiger partial charge in [-0.3, -0.25) is 33.6 Å². The number of carbonyl (C=O) groups excluding carboxylic acids is 6. The Labute approximate surface area is 407 Å². The second-order valence-corrected chi connectivity index (χ2v) is 17.9. The zero-order valence-corrected chi connectivity index (χ0v) is 42.2. The van der Waals surface area contributed by atoms with Crippen molar-refractivity contribution in [1.29, 1.82) is 0 Å². The van der Waals surface area contributed by atoms with Crippen molar-refractivity contribution < 1.29 is 67.5 Å². The first kappa shape index (κ1) is 64.2. The normalized spacial score (nSPS) is 12.5. The largest absolute Gasteiger partial charge is 0.481 e. The summed E-state index contributed by atoms with van der Waals surface area (Å²) in [7, 11) is 0. The highest BCUT2D eigenvalue weighted by molar-refractivity contribution is 5.86. The van der Waals surface area contributed by atoms with Gasteiger partial charge in [-0.15, -0.1) is 0 Å². The molecule has 0 aromatic rings. The van der Waals surface area contributed by atoms with E-state index in [-0.39, 0.29) is 133 Å². The summed E-state index contributed by atoms with van der Waals surface area (Å²) in [5.41, 5.74) is 0. The number of amides is 3. The van der Waals surface area contributed by atoms with Crippen molar-refractivity contribution in [3.63, 3.8) is 0 Å². The fraction of sp³-hybridized carbons (Fsp3) is 0.843. The van der Waals surface area contributed by atoms with Gasteiger partial charge >= 0.3 is 11.9 Å². The van der Waals surface area contributed by atoms with Gasteiger partial charge in [-0.2, -0.15) is 0 Å². The van der Waals surface area contributed by atoms with E-state index in [1.807, 2.05) is 6.92 Å². The number of Topliss-reactive ketones (excluding diaryl/α,β-unsaturated/α-hetero) is 3. The number of unbranched alkanes of at least 4 members (excludes halogenated alkanes) is 15. The Kier molecular flexibility index (Phi) is 43.1. The molecule has 0 unspecified atom stereocenters. The monoisotopic (exact) mass is 970 g/mol. The molecule has 0 aliphatic rings. The van der Waals surface area contributed by atoms with Gasteiger partial charge < -0.3 is 45.1 Å². The molecule has 5 N–H and O–H groups in total. The van der Waals surface area contributed by atoms with Crippen LogP contribution in [0.5, 0.6) is 0 Å². The average Bonchev–Trinajstić information content (AvgIpc) is 3.30. The lowest BCUT2D eigenvalue weighted by Crippen LogP contribution is -2.41. The van der Waals surface area contributed by atoms with E-state index in [9.17, 15) is 48.6 Å². The van der Waals surface area contributed by atoms with Gasteiger partial charge in [0.2, 0.25) is 17.7 Å². The Morgan fingerprint density at radius 1 is 0.441 bits per heavy atom. The van der Waals surface area contributed by atoms with Gasteiger partial charge in [0.25, 0.3) is 0 Å². The first-order valence-corrected chi connectivity index (χ1v) is 25.9. The lowest BCUT2D eigenvalue weighted by molar-refractivity contribution is -0.145. The lowest BCUT2D eigenvalue weighted by atomic mass is 9.94. The average molecular weight is 970 g/mol. The highest BCUT2D eigenvalue weighted by atomic mass is 16.5. The molecule has 0 aliphatic carbocycles. The van der Waals surface area contributed by atoms with Crippen LogP contribution in [0.25, 0.3) is 0 Å². The molecule has 3 atom stereocenters. The van der Waals surface area contributed by atoms with Crippen LogP contribution in [0, 0.1) is 11.8 Å². The Bertz CT molecular complexity index is 1380. The number of aliphatic carboxylic acids is 2. The molecule has 0 bridgehead atoms. The molecule has 0 aromatic carbocycles. The van der Waals surface area contributed by atoms with Crippen LogP contribution in [0.3, 0.4) is 0 Å². The fourth-order valence-electron chi connectivity index (χ4n) is 7.59. The van der Waals surface area contributed by atoms with E-state index in [0.29, 0.717) is 25.8 Å². The van der Waals surface area contributed by atoms with Crippen molar-refractivity contribution in [2.75, 3.05) is 65.9 Å². The molecule has 68 heavy (non-hydrogen) atoms. The van der Waals surface area contributed by atoms with Crippen LogP contribution in [0.4, 0.5) is 0 Å². The molecule has 0 aromatic heterocycles. The molecule has 0 fully saturated rings. The number of hydrogen-bond acceptors (Lipinski definition) is 12. The van der Waals surface area contributed by atoms with Crippen molar-refractivity contribution in [2.45, 2.75) is 200 Å². The Balaban J connectivity index is 3.93. The van der Waals surface area contributed by atoms with Gasteiger partial charge in [0, 0.05) is 57.7 Å². The standard InChI is InChI=1S/C51H91N3O14/c1-4-6-7-8-9-10-11-12-13-14-15-16-17-18-19-24-45(57)38-43(50(61)62)26-29-47(58)54-46(51(63)64)28-27-44(56)25-22-32-65-34-36-67-40-49(60)53-31-33-66-35-37-68-39-48(59)52-30-21-20-23-42(5-2)41(3)55/h42-43,46H,4-40H2,1-3H3,(H,52,59)(H,53,60)(H,54,58)(H,61,62)(H,63,64)/t42-,43+,46-/m0/s1. The first-order valence-electron chi connectivity index (χ1n) is 25.9. The number of rotatable bonds is 51. The molecule has 394 valence electrons. The lowest BCUT2D eigenvalue weighted by Gasteiger charge is -2.16. The van der Waals surface area contributed by atoms with E-state index in [1.54, 1.807) is 6.92 Å². The van der Waals surface area contributed by atoms with Gasteiger partial charge in [0.05, 0.1) is 39.0 Å². The molecule has 0 radical (unpaired) electrons. The summed E-state index contributed by atoms with van der Waals surface area (Å²) in [5, 5.41) is 27.1. The van der Waals surface area contributed by atoms with Gasteiger partial charge in [-0.1, -0.05) is 110 Å². The van der Waals surface area contributed by atoms with Crippen LogP contribution < -0.4 is 16.0 Å². The minimum Gasteiger partial charge on any atom is -0.481 e.